The summed E-state index contributed by atoms with van der Waals surface area (Å²) >= 11 is 0. The van der Waals surface area contributed by atoms with Crippen molar-refractivity contribution in [1.82, 2.24) is 4.90 Å². The van der Waals surface area contributed by atoms with Gasteiger partial charge in [-0.2, -0.15) is 5.26 Å². The molecule has 1 aliphatic heterocycles. The summed E-state index contributed by atoms with van der Waals surface area (Å²) in [7, 11) is 0. The monoisotopic (exact) mass is 302 g/mol. The Bertz CT molecular complexity index is 591. The van der Waals surface area contributed by atoms with E-state index in [2.05, 4.69) is 0 Å². The number of carboxylic acid groups (broad SMARTS) is 1. The highest BCUT2D eigenvalue weighted by molar-refractivity contribution is 5.84. The molecule has 1 fully saturated rings. The molecule has 1 N–H and O–H groups in total. The number of nitrogens with zero attached hydrogens (tertiary/aromatic N) is 2. The van der Waals surface area contributed by atoms with Crippen molar-refractivity contribution in [2.45, 2.75) is 25.8 Å². The average Bonchev–Trinajstić information content (AvgIpc) is 2.53. The Morgan fingerprint density at radius 1 is 1.41 bits per heavy atom. The van der Waals surface area contributed by atoms with Crippen LogP contribution in [0.2, 0.25) is 0 Å². The fourth-order valence-electron chi connectivity index (χ4n) is 2.53. The molecule has 2 unspecified atom stereocenters. The molecule has 0 bridgehead atoms. The molecule has 1 heterocycles. The van der Waals surface area contributed by atoms with Gasteiger partial charge in [-0.15, -0.1) is 0 Å². The molecule has 0 spiro atoms. The largest absolute Gasteiger partial charge is 0.484 e. The van der Waals surface area contributed by atoms with E-state index in [9.17, 15) is 14.7 Å². The summed E-state index contributed by atoms with van der Waals surface area (Å²) in [6.07, 6.45) is 1.27. The molecule has 1 amide bonds. The van der Waals surface area contributed by atoms with Crippen molar-refractivity contribution < 1.29 is 19.4 Å². The molecule has 6 heteroatoms. The number of carboxylic acids is 1. The van der Waals surface area contributed by atoms with E-state index < -0.39 is 12.0 Å². The van der Waals surface area contributed by atoms with E-state index in [4.69, 9.17) is 10.00 Å². The topological polar surface area (TPSA) is 90.6 Å². The third kappa shape index (κ3) is 3.76. The summed E-state index contributed by atoms with van der Waals surface area (Å²) in [5.74, 6) is -0.531. The van der Waals surface area contributed by atoms with Gasteiger partial charge < -0.3 is 14.7 Å². The number of piperidine rings is 1. The van der Waals surface area contributed by atoms with Gasteiger partial charge in [0, 0.05) is 6.54 Å². The number of ether oxygens (including phenoxy) is 1. The summed E-state index contributed by atoms with van der Waals surface area (Å²) in [6.45, 7) is 2.22. The maximum Gasteiger partial charge on any atom is 0.326 e. The fourth-order valence-corrected chi connectivity index (χ4v) is 2.53. The molecular weight excluding hydrogens is 284 g/mol. The minimum Gasteiger partial charge on any atom is -0.484 e. The minimum atomic E-state index is -0.974. The quantitative estimate of drug-likeness (QED) is 0.913. The number of hydrogen-bond acceptors (Lipinski definition) is 4. The molecule has 2 rings (SSSR count). The maximum atomic E-state index is 12.2. The van der Waals surface area contributed by atoms with Gasteiger partial charge in [-0.1, -0.05) is 6.92 Å². The number of likely N-dealkylation sites (tertiary alicyclic amines) is 1. The van der Waals surface area contributed by atoms with E-state index in [0.29, 0.717) is 30.2 Å². The van der Waals surface area contributed by atoms with E-state index in [1.54, 1.807) is 24.3 Å². The molecule has 2 atom stereocenters. The smallest absolute Gasteiger partial charge is 0.326 e. The van der Waals surface area contributed by atoms with Crippen LogP contribution in [-0.2, 0) is 9.59 Å². The van der Waals surface area contributed by atoms with Crippen LogP contribution in [-0.4, -0.2) is 41.1 Å². The highest BCUT2D eigenvalue weighted by atomic mass is 16.5. The summed E-state index contributed by atoms with van der Waals surface area (Å²) in [5, 5.41) is 18.0. The van der Waals surface area contributed by atoms with Gasteiger partial charge in [-0.05, 0) is 43.0 Å². The van der Waals surface area contributed by atoms with E-state index in [-0.39, 0.29) is 12.5 Å². The van der Waals surface area contributed by atoms with Gasteiger partial charge in [0.25, 0.3) is 5.91 Å². The number of carbonyl (C=O) groups excluding carboxylic acids is 1. The van der Waals surface area contributed by atoms with E-state index >= 15 is 0 Å². The van der Waals surface area contributed by atoms with Crippen LogP contribution in [0.15, 0.2) is 24.3 Å². The number of carbonyl (C=O) groups is 2. The first-order valence-electron chi connectivity index (χ1n) is 7.16. The molecule has 0 radical (unpaired) electrons. The lowest BCUT2D eigenvalue weighted by Crippen LogP contribution is -2.51. The summed E-state index contributed by atoms with van der Waals surface area (Å²) in [6, 6.07) is 7.64. The number of amides is 1. The Hall–Kier alpha value is -2.55. The summed E-state index contributed by atoms with van der Waals surface area (Å²) in [4.78, 5) is 24.9. The van der Waals surface area contributed by atoms with Gasteiger partial charge in [0.1, 0.15) is 11.8 Å². The van der Waals surface area contributed by atoms with Crippen molar-refractivity contribution in [3.05, 3.63) is 29.8 Å². The number of aliphatic carboxylic acids is 1. The van der Waals surface area contributed by atoms with Crippen molar-refractivity contribution in [2.24, 2.45) is 5.92 Å². The molecule has 22 heavy (non-hydrogen) atoms. The lowest BCUT2D eigenvalue weighted by molar-refractivity contribution is -0.153. The van der Waals surface area contributed by atoms with Crippen LogP contribution in [0.25, 0.3) is 0 Å². The standard InChI is InChI=1S/C16H18N2O4/c1-11-6-7-18(14(8-11)16(20)21)15(19)10-22-13-4-2-12(9-17)3-5-13/h2-5,11,14H,6-8,10H2,1H3,(H,20,21). The highest BCUT2D eigenvalue weighted by Gasteiger charge is 2.34. The van der Waals surface area contributed by atoms with Crippen LogP contribution in [0.5, 0.6) is 5.75 Å². The van der Waals surface area contributed by atoms with Crippen LogP contribution in [0.1, 0.15) is 25.3 Å². The lowest BCUT2D eigenvalue weighted by Gasteiger charge is -2.35. The van der Waals surface area contributed by atoms with Crippen molar-refractivity contribution in [1.29, 1.82) is 5.26 Å². The Morgan fingerprint density at radius 2 is 2.09 bits per heavy atom. The maximum absolute atomic E-state index is 12.2. The average molecular weight is 302 g/mol. The Kier molecular flexibility index (Phi) is 4.99. The third-order valence-corrected chi connectivity index (χ3v) is 3.82. The molecule has 1 aromatic rings. The number of nitriles is 1. The van der Waals surface area contributed by atoms with Crippen molar-refractivity contribution >= 4 is 11.9 Å². The highest BCUT2D eigenvalue weighted by Crippen LogP contribution is 2.23. The van der Waals surface area contributed by atoms with Crippen molar-refractivity contribution in [2.75, 3.05) is 13.2 Å². The fraction of sp³-hybridized carbons (Fsp3) is 0.438. The third-order valence-electron chi connectivity index (χ3n) is 3.82. The first-order chi connectivity index (χ1) is 10.5. The zero-order valence-corrected chi connectivity index (χ0v) is 12.4. The van der Waals surface area contributed by atoms with E-state index in [1.807, 2.05) is 13.0 Å². The second-order valence-corrected chi connectivity index (χ2v) is 5.50. The van der Waals surface area contributed by atoms with Crippen molar-refractivity contribution in [3.63, 3.8) is 0 Å². The van der Waals surface area contributed by atoms with Gasteiger partial charge in [-0.3, -0.25) is 4.79 Å². The normalized spacial score (nSPS) is 21.0. The number of rotatable bonds is 4. The molecule has 6 nitrogen and oxygen atoms in total. The SMILES string of the molecule is CC1CCN(C(=O)COc2ccc(C#N)cc2)C(C(=O)O)C1. The zero-order chi connectivity index (χ0) is 16.1. The Labute approximate surface area is 128 Å². The minimum absolute atomic E-state index is 0.204. The Balaban J connectivity index is 1.95. The molecule has 0 aromatic heterocycles. The summed E-state index contributed by atoms with van der Waals surface area (Å²) in [5.41, 5.74) is 0.509. The zero-order valence-electron chi connectivity index (χ0n) is 12.4. The van der Waals surface area contributed by atoms with Crippen LogP contribution in [0.3, 0.4) is 0 Å². The summed E-state index contributed by atoms with van der Waals surface area (Å²) < 4.78 is 5.38. The molecule has 1 aliphatic rings. The first-order valence-corrected chi connectivity index (χ1v) is 7.16. The van der Waals surface area contributed by atoms with Gasteiger partial charge in [0.15, 0.2) is 6.61 Å². The molecule has 1 saturated heterocycles. The van der Waals surface area contributed by atoms with Crippen LogP contribution in [0.4, 0.5) is 0 Å². The lowest BCUT2D eigenvalue weighted by atomic mass is 9.92. The van der Waals surface area contributed by atoms with Gasteiger partial charge >= 0.3 is 5.97 Å². The predicted molar refractivity (Wildman–Crippen MR) is 78.2 cm³/mol. The van der Waals surface area contributed by atoms with Gasteiger partial charge in [0.2, 0.25) is 0 Å². The van der Waals surface area contributed by atoms with E-state index in [1.165, 1.54) is 4.90 Å². The molecule has 0 aliphatic carbocycles. The molecule has 116 valence electrons. The Morgan fingerprint density at radius 3 is 2.68 bits per heavy atom. The van der Waals surface area contributed by atoms with Crippen LogP contribution < -0.4 is 4.74 Å². The van der Waals surface area contributed by atoms with Crippen molar-refractivity contribution in [3.8, 4) is 11.8 Å². The van der Waals surface area contributed by atoms with Gasteiger partial charge in [0.05, 0.1) is 11.6 Å². The van der Waals surface area contributed by atoms with Crippen LogP contribution in [0, 0.1) is 17.2 Å². The second-order valence-electron chi connectivity index (χ2n) is 5.50. The number of benzene rings is 1. The predicted octanol–water partition coefficient (Wildman–Crippen LogP) is 1.65. The molecule has 0 saturated carbocycles. The molecular formula is C16H18N2O4. The number of hydrogen-bond donors (Lipinski definition) is 1. The molecule has 1 aromatic carbocycles. The first kappa shape index (κ1) is 15.8. The second kappa shape index (κ2) is 6.94. The van der Waals surface area contributed by atoms with E-state index in [0.717, 1.165) is 6.42 Å². The van der Waals surface area contributed by atoms with Crippen LogP contribution >= 0.6 is 0 Å². The van der Waals surface area contributed by atoms with Gasteiger partial charge in [-0.25, -0.2) is 4.79 Å².